The quantitative estimate of drug-likeness (QED) is 0.153. The predicted molar refractivity (Wildman–Crippen MR) is 137 cm³/mol. The topological polar surface area (TPSA) is 178 Å². The highest BCUT2D eigenvalue weighted by molar-refractivity contribution is 5.90. The van der Waals surface area contributed by atoms with Gasteiger partial charge in [0.1, 0.15) is 25.4 Å². The van der Waals surface area contributed by atoms with E-state index in [2.05, 4.69) is 0 Å². The summed E-state index contributed by atoms with van der Waals surface area (Å²) in [5.74, 6) is -4.90. The molecule has 13 heteroatoms. The third kappa shape index (κ3) is 12.6. The van der Waals surface area contributed by atoms with Gasteiger partial charge in [-0.3, -0.25) is 19.2 Å². The van der Waals surface area contributed by atoms with Crippen LogP contribution in [0.4, 0.5) is 0 Å². The molecule has 0 unspecified atom stereocenters. The molecular formula is C27H40O13. The Bertz CT molecular complexity index is 897. The summed E-state index contributed by atoms with van der Waals surface area (Å²) in [5.41, 5.74) is 0. The number of hydrogen-bond acceptors (Lipinski definition) is 12. The van der Waals surface area contributed by atoms with Crippen molar-refractivity contribution in [2.45, 2.75) is 110 Å². The Morgan fingerprint density at radius 3 is 1.43 bits per heavy atom. The van der Waals surface area contributed by atoms with E-state index in [1.807, 2.05) is 0 Å². The minimum Gasteiger partial charge on any atom is -0.478 e. The van der Waals surface area contributed by atoms with Crippen LogP contribution in [0.2, 0.25) is 0 Å². The third-order valence-corrected chi connectivity index (χ3v) is 5.51. The summed E-state index contributed by atoms with van der Waals surface area (Å²) in [6.45, 7) is 6.11. The summed E-state index contributed by atoms with van der Waals surface area (Å²) in [7, 11) is 0. The molecule has 0 aromatic heterocycles. The number of carboxylic acids is 1. The lowest BCUT2D eigenvalue weighted by Gasteiger charge is -2.44. The van der Waals surface area contributed by atoms with Gasteiger partial charge in [-0.05, 0) is 25.7 Å². The highest BCUT2D eigenvalue weighted by atomic mass is 16.7. The number of hydrogen-bond donors (Lipinski definition) is 1. The van der Waals surface area contributed by atoms with E-state index in [-0.39, 0.29) is 25.7 Å². The standard InChI is InChI=1S/C27H40O13/c1-5-9-20(30)35-15-17-25(38-22(32)10-6-2)27(40-24(34)12-8-4)26(39-23(33)11-7-3)18(37-17)16-36-21(31)14-13-19(28)29/h13-14,17-18,25-27H,5-12,15-16H2,1-4H3,(H,28,29)/b14-13+/t17-,18+,25+,26-,27+/m1/s1. The van der Waals surface area contributed by atoms with Gasteiger partial charge in [0.25, 0.3) is 0 Å². The van der Waals surface area contributed by atoms with Crippen molar-refractivity contribution >= 4 is 35.8 Å². The zero-order chi connectivity index (χ0) is 30.1. The molecule has 0 aromatic rings. The Labute approximate surface area is 233 Å². The van der Waals surface area contributed by atoms with E-state index in [9.17, 15) is 28.8 Å². The maximum Gasteiger partial charge on any atom is 0.331 e. The third-order valence-electron chi connectivity index (χ3n) is 5.51. The van der Waals surface area contributed by atoms with Crippen molar-refractivity contribution in [1.29, 1.82) is 0 Å². The van der Waals surface area contributed by atoms with E-state index in [1.165, 1.54) is 0 Å². The highest BCUT2D eigenvalue weighted by Crippen LogP contribution is 2.30. The van der Waals surface area contributed by atoms with Crippen LogP contribution in [-0.4, -0.2) is 84.7 Å². The molecule has 0 aromatic carbocycles. The van der Waals surface area contributed by atoms with Gasteiger partial charge in [-0.2, -0.15) is 0 Å². The fourth-order valence-electron chi connectivity index (χ4n) is 3.73. The fourth-order valence-corrected chi connectivity index (χ4v) is 3.73. The molecule has 1 heterocycles. The zero-order valence-electron chi connectivity index (χ0n) is 23.5. The van der Waals surface area contributed by atoms with Gasteiger partial charge < -0.3 is 33.5 Å². The van der Waals surface area contributed by atoms with E-state index >= 15 is 0 Å². The van der Waals surface area contributed by atoms with Crippen molar-refractivity contribution in [3.63, 3.8) is 0 Å². The van der Waals surface area contributed by atoms with E-state index in [0.717, 1.165) is 0 Å². The van der Waals surface area contributed by atoms with Crippen molar-refractivity contribution in [3.8, 4) is 0 Å². The summed E-state index contributed by atoms with van der Waals surface area (Å²) < 4.78 is 33.3. The summed E-state index contributed by atoms with van der Waals surface area (Å²) >= 11 is 0. The Morgan fingerprint density at radius 2 is 1.00 bits per heavy atom. The number of carbonyl (C=O) groups excluding carboxylic acids is 5. The molecule has 1 N–H and O–H groups in total. The van der Waals surface area contributed by atoms with Crippen LogP contribution in [0.1, 0.15) is 79.1 Å². The minimum atomic E-state index is -1.39. The van der Waals surface area contributed by atoms with E-state index < -0.39 is 79.5 Å². The number of carboxylic acid groups (broad SMARTS) is 1. The van der Waals surface area contributed by atoms with Gasteiger partial charge in [-0.1, -0.05) is 27.7 Å². The van der Waals surface area contributed by atoms with Crippen LogP contribution < -0.4 is 0 Å². The molecule has 1 rings (SSSR count). The average molecular weight is 573 g/mol. The van der Waals surface area contributed by atoms with E-state index in [0.29, 0.717) is 37.8 Å². The van der Waals surface area contributed by atoms with Crippen LogP contribution in [0, 0.1) is 0 Å². The molecule has 0 bridgehead atoms. The van der Waals surface area contributed by atoms with Gasteiger partial charge in [0.2, 0.25) is 0 Å². The first kappa shape index (κ1) is 34.5. The molecule has 0 saturated carbocycles. The van der Waals surface area contributed by atoms with E-state index in [4.69, 9.17) is 33.5 Å². The zero-order valence-corrected chi connectivity index (χ0v) is 23.5. The van der Waals surface area contributed by atoms with Gasteiger partial charge >= 0.3 is 35.8 Å². The van der Waals surface area contributed by atoms with Crippen LogP contribution in [0.15, 0.2) is 12.2 Å². The number of esters is 5. The van der Waals surface area contributed by atoms with Crippen molar-refractivity contribution in [1.82, 2.24) is 0 Å². The smallest absolute Gasteiger partial charge is 0.331 e. The van der Waals surface area contributed by atoms with Crippen LogP contribution in [-0.2, 0) is 57.2 Å². The summed E-state index contributed by atoms with van der Waals surface area (Å²) in [6.07, 6.45) is -3.21. The lowest BCUT2D eigenvalue weighted by atomic mass is 9.94. The van der Waals surface area contributed by atoms with Gasteiger partial charge in [0, 0.05) is 37.8 Å². The second-order valence-electron chi connectivity index (χ2n) is 9.06. The molecule has 0 radical (unpaired) electrons. The maximum atomic E-state index is 12.6. The molecule has 40 heavy (non-hydrogen) atoms. The summed E-state index contributed by atoms with van der Waals surface area (Å²) in [5, 5.41) is 8.74. The van der Waals surface area contributed by atoms with Gasteiger partial charge in [-0.25, -0.2) is 9.59 Å². The largest absolute Gasteiger partial charge is 0.478 e. The molecule has 13 nitrogen and oxygen atoms in total. The lowest BCUT2D eigenvalue weighted by Crippen LogP contribution is -2.63. The molecule has 1 aliphatic heterocycles. The molecule has 226 valence electrons. The molecular weight excluding hydrogens is 532 g/mol. The second-order valence-corrected chi connectivity index (χ2v) is 9.06. The number of aliphatic carboxylic acids is 1. The van der Waals surface area contributed by atoms with Crippen molar-refractivity contribution in [2.24, 2.45) is 0 Å². The maximum absolute atomic E-state index is 12.6. The first-order chi connectivity index (χ1) is 19.1. The van der Waals surface area contributed by atoms with Crippen LogP contribution in [0.3, 0.4) is 0 Å². The monoisotopic (exact) mass is 572 g/mol. The summed E-state index contributed by atoms with van der Waals surface area (Å²) in [6, 6.07) is 0. The first-order valence-corrected chi connectivity index (χ1v) is 13.5. The van der Waals surface area contributed by atoms with Gasteiger partial charge in [-0.15, -0.1) is 0 Å². The molecule has 0 aliphatic carbocycles. The van der Waals surface area contributed by atoms with Crippen LogP contribution >= 0.6 is 0 Å². The van der Waals surface area contributed by atoms with Gasteiger partial charge in [0.15, 0.2) is 18.3 Å². The molecule has 0 amide bonds. The second kappa shape index (κ2) is 18.7. The highest BCUT2D eigenvalue weighted by Gasteiger charge is 2.53. The number of carbonyl (C=O) groups is 6. The SMILES string of the molecule is CCCC(=O)OC[C@H]1O[C@@H](COC(=O)/C=C/C(=O)O)[C@@H](OC(=O)CCC)[C@@H](OC(=O)CCC)[C@H]1OC(=O)CCC. The number of ether oxygens (including phenoxy) is 6. The lowest BCUT2D eigenvalue weighted by molar-refractivity contribution is -0.259. The Morgan fingerprint density at radius 1 is 0.600 bits per heavy atom. The fraction of sp³-hybridized carbons (Fsp3) is 0.704. The summed E-state index contributed by atoms with van der Waals surface area (Å²) in [4.78, 5) is 72.6. The molecule has 1 aliphatic rings. The Balaban J connectivity index is 3.46. The normalized spacial score (nSPS) is 22.2. The van der Waals surface area contributed by atoms with Crippen molar-refractivity contribution in [3.05, 3.63) is 12.2 Å². The average Bonchev–Trinajstić information content (AvgIpc) is 2.88. The Hall–Kier alpha value is -3.48. The van der Waals surface area contributed by atoms with Crippen molar-refractivity contribution < 1.29 is 62.3 Å². The first-order valence-electron chi connectivity index (χ1n) is 13.5. The molecule has 1 saturated heterocycles. The Kier molecular flexibility index (Phi) is 16.2. The molecule has 5 atom stereocenters. The van der Waals surface area contributed by atoms with Crippen LogP contribution in [0.25, 0.3) is 0 Å². The molecule has 0 spiro atoms. The predicted octanol–water partition coefficient (Wildman–Crippen LogP) is 2.42. The van der Waals surface area contributed by atoms with Gasteiger partial charge in [0.05, 0.1) is 0 Å². The number of rotatable bonds is 17. The van der Waals surface area contributed by atoms with Crippen LogP contribution in [0.5, 0.6) is 0 Å². The van der Waals surface area contributed by atoms with E-state index in [1.54, 1.807) is 27.7 Å². The minimum absolute atomic E-state index is 0.0122. The van der Waals surface area contributed by atoms with Crippen molar-refractivity contribution in [2.75, 3.05) is 13.2 Å². The molecule has 1 fully saturated rings.